The molecule has 1 aromatic carbocycles. The summed E-state index contributed by atoms with van der Waals surface area (Å²) >= 11 is 7.35. The maximum atomic E-state index is 13.4. The van der Waals surface area contributed by atoms with Crippen LogP contribution in [0.3, 0.4) is 0 Å². The number of aromatic amines is 1. The van der Waals surface area contributed by atoms with Crippen molar-refractivity contribution in [2.45, 2.75) is 38.5 Å². The first kappa shape index (κ1) is 24.6. The Kier molecular flexibility index (Phi) is 6.99. The average Bonchev–Trinajstić information content (AvgIpc) is 3.32. The zero-order chi connectivity index (χ0) is 24.6. The van der Waals surface area contributed by atoms with Gasteiger partial charge in [0.1, 0.15) is 10.5 Å². The molecule has 3 heterocycles. The van der Waals surface area contributed by atoms with E-state index in [-0.39, 0.29) is 42.0 Å². The monoisotopic (exact) mass is 524 g/mol. The van der Waals surface area contributed by atoms with Crippen molar-refractivity contribution in [3.8, 4) is 0 Å². The molecule has 0 saturated carbocycles. The summed E-state index contributed by atoms with van der Waals surface area (Å²) in [4.78, 5) is 32.5. The smallest absolute Gasteiger partial charge is 0.341 e. The molecule has 2 aromatic heterocycles. The lowest BCUT2D eigenvalue weighted by Gasteiger charge is -2.30. The Labute approximate surface area is 206 Å². The summed E-state index contributed by atoms with van der Waals surface area (Å²) in [6.45, 7) is 5.41. The zero-order valence-electron chi connectivity index (χ0n) is 19.0. The van der Waals surface area contributed by atoms with Gasteiger partial charge in [0.15, 0.2) is 5.13 Å². The molecule has 1 aliphatic rings. The van der Waals surface area contributed by atoms with Crippen LogP contribution in [-0.2, 0) is 19.6 Å². The number of rotatable bonds is 6. The largest absolute Gasteiger partial charge is 0.462 e. The highest BCUT2D eigenvalue weighted by molar-refractivity contribution is 7.89. The third-order valence-electron chi connectivity index (χ3n) is 5.80. The van der Waals surface area contributed by atoms with Gasteiger partial charge in [0.25, 0.3) is 0 Å². The van der Waals surface area contributed by atoms with E-state index >= 15 is 0 Å². The van der Waals surface area contributed by atoms with Gasteiger partial charge in [0, 0.05) is 35.4 Å². The summed E-state index contributed by atoms with van der Waals surface area (Å²) in [5, 5.41) is 3.93. The number of benzene rings is 1. The van der Waals surface area contributed by atoms with Crippen molar-refractivity contribution < 1.29 is 22.7 Å². The van der Waals surface area contributed by atoms with Crippen LogP contribution in [0.5, 0.6) is 0 Å². The van der Waals surface area contributed by atoms with E-state index in [0.717, 1.165) is 10.2 Å². The summed E-state index contributed by atoms with van der Waals surface area (Å²) < 4.78 is 34.1. The second kappa shape index (κ2) is 9.65. The number of carbonyl (C=O) groups excluding carboxylic acids is 2. The topological polar surface area (TPSA) is 121 Å². The SMILES string of the molecule is CCOC(=O)c1c(C)[nH]c(C)c1S(=O)(=O)N1CCC(C(=O)Nc2nc3ccc(Cl)cc3s2)CC1. The molecule has 3 aromatic rings. The number of nitrogens with one attached hydrogen (secondary N) is 2. The summed E-state index contributed by atoms with van der Waals surface area (Å²) in [5.74, 6) is -1.21. The van der Waals surface area contributed by atoms with Gasteiger partial charge in [0.2, 0.25) is 15.9 Å². The molecule has 1 amide bonds. The molecule has 1 fully saturated rings. The van der Waals surface area contributed by atoms with Crippen molar-refractivity contribution in [2.24, 2.45) is 5.92 Å². The van der Waals surface area contributed by atoms with Crippen LogP contribution in [0.1, 0.15) is 41.5 Å². The first-order valence-corrected chi connectivity index (χ1v) is 13.5. The number of hydrogen-bond acceptors (Lipinski definition) is 7. The minimum absolute atomic E-state index is 0.0372. The molecule has 0 atom stereocenters. The highest BCUT2D eigenvalue weighted by Crippen LogP contribution is 2.32. The van der Waals surface area contributed by atoms with Crippen LogP contribution in [0.25, 0.3) is 10.2 Å². The van der Waals surface area contributed by atoms with Gasteiger partial charge in [-0.05, 0) is 51.8 Å². The number of esters is 1. The molecule has 2 N–H and O–H groups in total. The number of thiazole rings is 1. The van der Waals surface area contributed by atoms with Gasteiger partial charge in [0.05, 0.1) is 16.8 Å². The lowest BCUT2D eigenvalue weighted by atomic mass is 9.97. The number of aromatic nitrogens is 2. The van der Waals surface area contributed by atoms with E-state index in [2.05, 4.69) is 15.3 Å². The van der Waals surface area contributed by atoms with Gasteiger partial charge in [-0.3, -0.25) is 4.79 Å². The van der Waals surface area contributed by atoms with Crippen LogP contribution in [0.2, 0.25) is 5.02 Å². The standard InChI is InChI=1S/C22H25ClN4O5S2/c1-4-32-21(29)18-12(2)24-13(3)19(18)34(30,31)27-9-7-14(8-10-27)20(28)26-22-25-16-6-5-15(23)11-17(16)33-22/h5-6,11,14,24H,4,7-10H2,1-3H3,(H,25,26,28). The molecule has 4 rings (SSSR count). The third kappa shape index (κ3) is 4.70. The second-order valence-corrected chi connectivity index (χ2v) is 11.4. The number of H-pyrrole nitrogens is 1. The Morgan fingerprint density at radius 3 is 2.65 bits per heavy atom. The predicted molar refractivity (Wildman–Crippen MR) is 131 cm³/mol. The van der Waals surface area contributed by atoms with Crippen molar-refractivity contribution in [1.82, 2.24) is 14.3 Å². The molecule has 0 aliphatic carbocycles. The van der Waals surface area contributed by atoms with Crippen LogP contribution >= 0.6 is 22.9 Å². The Bertz CT molecular complexity index is 1360. The number of ether oxygens (including phenoxy) is 1. The summed E-state index contributed by atoms with van der Waals surface area (Å²) in [5.41, 5.74) is 1.62. The first-order chi connectivity index (χ1) is 16.1. The van der Waals surface area contributed by atoms with Crippen LogP contribution < -0.4 is 5.32 Å². The maximum Gasteiger partial charge on any atom is 0.341 e. The zero-order valence-corrected chi connectivity index (χ0v) is 21.4. The molecule has 0 spiro atoms. The molecule has 1 saturated heterocycles. The van der Waals surface area contributed by atoms with Crippen molar-refractivity contribution in [1.29, 1.82) is 0 Å². The third-order valence-corrected chi connectivity index (χ3v) is 9.04. The molecular formula is C22H25ClN4O5S2. The number of fused-ring (bicyclic) bond motifs is 1. The number of piperidine rings is 1. The highest BCUT2D eigenvalue weighted by Gasteiger charge is 2.37. The fraction of sp³-hybridized carbons (Fsp3) is 0.409. The fourth-order valence-corrected chi connectivity index (χ4v) is 7.20. The Morgan fingerprint density at radius 1 is 1.26 bits per heavy atom. The first-order valence-electron chi connectivity index (χ1n) is 10.8. The van der Waals surface area contributed by atoms with Crippen molar-refractivity contribution in [3.63, 3.8) is 0 Å². The number of anilines is 1. The molecule has 1 aliphatic heterocycles. The van der Waals surface area contributed by atoms with E-state index in [4.69, 9.17) is 16.3 Å². The van der Waals surface area contributed by atoms with E-state index in [9.17, 15) is 18.0 Å². The number of carbonyl (C=O) groups is 2. The highest BCUT2D eigenvalue weighted by atomic mass is 35.5. The predicted octanol–water partition coefficient (Wildman–Crippen LogP) is 4.11. The number of aryl methyl sites for hydroxylation is 2. The van der Waals surface area contributed by atoms with Gasteiger partial charge >= 0.3 is 5.97 Å². The second-order valence-electron chi connectivity index (χ2n) is 8.10. The van der Waals surface area contributed by atoms with Gasteiger partial charge < -0.3 is 15.0 Å². The number of amides is 1. The number of sulfonamides is 1. The quantitative estimate of drug-likeness (QED) is 0.468. The van der Waals surface area contributed by atoms with Gasteiger partial charge in [-0.2, -0.15) is 4.31 Å². The minimum atomic E-state index is -3.95. The van der Waals surface area contributed by atoms with Gasteiger partial charge in [-0.15, -0.1) is 0 Å². The summed E-state index contributed by atoms with van der Waals surface area (Å²) in [6, 6.07) is 5.33. The van der Waals surface area contributed by atoms with Crippen molar-refractivity contribution in [2.75, 3.05) is 25.0 Å². The molecule has 182 valence electrons. The van der Waals surface area contributed by atoms with E-state index in [1.54, 1.807) is 39.0 Å². The van der Waals surface area contributed by atoms with Crippen LogP contribution in [0.4, 0.5) is 5.13 Å². The van der Waals surface area contributed by atoms with Gasteiger partial charge in [-0.25, -0.2) is 18.2 Å². The fourth-order valence-electron chi connectivity index (χ4n) is 4.18. The van der Waals surface area contributed by atoms with E-state index in [1.807, 2.05) is 0 Å². The molecule has 0 unspecified atom stereocenters. The molecule has 0 radical (unpaired) electrons. The molecule has 0 bridgehead atoms. The van der Waals surface area contributed by atoms with E-state index < -0.39 is 16.0 Å². The Balaban J connectivity index is 1.46. The lowest BCUT2D eigenvalue weighted by molar-refractivity contribution is -0.120. The summed E-state index contributed by atoms with van der Waals surface area (Å²) in [7, 11) is -3.95. The van der Waals surface area contributed by atoms with Gasteiger partial charge in [-0.1, -0.05) is 22.9 Å². The van der Waals surface area contributed by atoms with Crippen molar-refractivity contribution >= 4 is 60.2 Å². The van der Waals surface area contributed by atoms with E-state index in [1.165, 1.54) is 15.6 Å². The normalized spacial score (nSPS) is 15.5. The molecule has 34 heavy (non-hydrogen) atoms. The van der Waals surface area contributed by atoms with Crippen LogP contribution in [0, 0.1) is 19.8 Å². The number of halogens is 1. The summed E-state index contributed by atoms with van der Waals surface area (Å²) in [6.07, 6.45) is 0.720. The van der Waals surface area contributed by atoms with Crippen LogP contribution in [0.15, 0.2) is 23.1 Å². The Hall–Kier alpha value is -2.47. The number of nitrogens with zero attached hydrogens (tertiary/aromatic N) is 2. The molecular weight excluding hydrogens is 500 g/mol. The minimum Gasteiger partial charge on any atom is -0.462 e. The molecule has 12 heteroatoms. The average molecular weight is 525 g/mol. The van der Waals surface area contributed by atoms with E-state index in [0.29, 0.717) is 34.4 Å². The molecule has 9 nitrogen and oxygen atoms in total. The van der Waals surface area contributed by atoms with Crippen LogP contribution in [-0.4, -0.2) is 54.3 Å². The lowest BCUT2D eigenvalue weighted by Crippen LogP contribution is -2.41. The van der Waals surface area contributed by atoms with Crippen molar-refractivity contribution in [3.05, 3.63) is 40.2 Å². The Morgan fingerprint density at radius 2 is 1.97 bits per heavy atom. The number of hydrogen-bond donors (Lipinski definition) is 2. The maximum absolute atomic E-state index is 13.4.